The van der Waals surface area contributed by atoms with Gasteiger partial charge in [-0.05, 0) is 31.2 Å². The average molecular weight is 388 g/mol. The summed E-state index contributed by atoms with van der Waals surface area (Å²) >= 11 is 0. The summed E-state index contributed by atoms with van der Waals surface area (Å²) in [7, 11) is 2.09. The molecule has 3 aromatic rings. The van der Waals surface area contributed by atoms with Gasteiger partial charge in [-0.25, -0.2) is 9.97 Å². The van der Waals surface area contributed by atoms with E-state index < -0.39 is 0 Å². The van der Waals surface area contributed by atoms with Gasteiger partial charge >= 0.3 is 0 Å². The van der Waals surface area contributed by atoms with Gasteiger partial charge in [-0.2, -0.15) is 0 Å². The molecule has 0 unspecified atom stereocenters. The van der Waals surface area contributed by atoms with E-state index in [-0.39, 0.29) is 6.04 Å². The summed E-state index contributed by atoms with van der Waals surface area (Å²) < 4.78 is 11.5. The van der Waals surface area contributed by atoms with Crippen molar-refractivity contribution in [1.82, 2.24) is 9.97 Å². The Balaban J connectivity index is 1.47. The molecule has 0 aliphatic carbocycles. The number of hydrogen-bond donors (Lipinski definition) is 1. The van der Waals surface area contributed by atoms with Crippen molar-refractivity contribution in [3.63, 3.8) is 0 Å². The van der Waals surface area contributed by atoms with Gasteiger partial charge in [0, 0.05) is 30.7 Å². The molecule has 2 aliphatic rings. The van der Waals surface area contributed by atoms with Gasteiger partial charge in [0.05, 0.1) is 30.6 Å². The maximum atomic E-state index is 5.78. The molecule has 148 valence electrons. The van der Waals surface area contributed by atoms with Crippen LogP contribution in [0.4, 0.5) is 11.5 Å². The molecule has 0 spiro atoms. The Bertz CT molecular complexity index is 1050. The molecule has 0 saturated carbocycles. The van der Waals surface area contributed by atoms with Gasteiger partial charge in [0.2, 0.25) is 0 Å². The molecule has 0 bridgehead atoms. The van der Waals surface area contributed by atoms with Crippen molar-refractivity contribution in [3.05, 3.63) is 59.9 Å². The molecule has 1 atom stereocenters. The Morgan fingerprint density at radius 3 is 2.79 bits per heavy atom. The summed E-state index contributed by atoms with van der Waals surface area (Å²) in [6.45, 7) is 4.23. The molecule has 6 nitrogen and oxygen atoms in total. The van der Waals surface area contributed by atoms with Gasteiger partial charge in [-0.15, -0.1) is 0 Å². The molecule has 3 heterocycles. The van der Waals surface area contributed by atoms with Crippen LogP contribution in [0.5, 0.6) is 11.5 Å². The minimum atomic E-state index is 0.171. The highest BCUT2D eigenvalue weighted by Crippen LogP contribution is 2.36. The zero-order chi connectivity index (χ0) is 19.8. The van der Waals surface area contributed by atoms with Crippen LogP contribution < -0.4 is 19.7 Å². The highest BCUT2D eigenvalue weighted by Gasteiger charge is 2.22. The Labute approximate surface area is 170 Å². The van der Waals surface area contributed by atoms with Crippen molar-refractivity contribution in [2.75, 3.05) is 37.0 Å². The van der Waals surface area contributed by atoms with Crippen LogP contribution in [-0.4, -0.2) is 36.8 Å². The van der Waals surface area contributed by atoms with Gasteiger partial charge in [0.25, 0.3) is 0 Å². The fourth-order valence-electron chi connectivity index (χ4n) is 3.97. The molecule has 2 aromatic carbocycles. The van der Waals surface area contributed by atoms with Crippen LogP contribution >= 0.6 is 0 Å². The maximum absolute atomic E-state index is 5.78. The number of benzene rings is 2. The number of anilines is 2. The Hall–Kier alpha value is -3.28. The molecular formula is C23H24N4O2. The largest absolute Gasteiger partial charge is 0.493 e. The number of nitrogens with one attached hydrogen (secondary N) is 1. The molecule has 1 aromatic heterocycles. The number of aromatic nitrogens is 2. The van der Waals surface area contributed by atoms with Crippen LogP contribution in [0.15, 0.2) is 48.5 Å². The third kappa shape index (κ3) is 3.46. The lowest BCUT2D eigenvalue weighted by Gasteiger charge is -2.28. The van der Waals surface area contributed by atoms with E-state index in [4.69, 9.17) is 9.47 Å². The van der Waals surface area contributed by atoms with Gasteiger partial charge in [-0.1, -0.05) is 18.2 Å². The second-order valence-electron chi connectivity index (χ2n) is 7.51. The number of rotatable bonds is 3. The van der Waals surface area contributed by atoms with E-state index >= 15 is 0 Å². The van der Waals surface area contributed by atoms with E-state index in [1.165, 1.54) is 5.56 Å². The minimum Gasteiger partial charge on any atom is -0.493 e. The number of fused-ring (bicyclic) bond motifs is 2. The van der Waals surface area contributed by atoms with E-state index in [0.717, 1.165) is 59.7 Å². The second kappa shape index (κ2) is 7.28. The zero-order valence-electron chi connectivity index (χ0n) is 16.7. The van der Waals surface area contributed by atoms with Crippen molar-refractivity contribution < 1.29 is 9.47 Å². The molecule has 0 fully saturated rings. The highest BCUT2D eigenvalue weighted by molar-refractivity contribution is 5.72. The summed E-state index contributed by atoms with van der Waals surface area (Å²) in [5, 5.41) is 3.59. The number of nitrogens with zero attached hydrogens (tertiary/aromatic N) is 3. The molecule has 5 rings (SSSR count). The van der Waals surface area contributed by atoms with Crippen LogP contribution in [0.25, 0.3) is 11.3 Å². The van der Waals surface area contributed by atoms with Gasteiger partial charge in [0.1, 0.15) is 29.7 Å². The van der Waals surface area contributed by atoms with Crippen LogP contribution in [0, 0.1) is 6.92 Å². The van der Waals surface area contributed by atoms with Crippen molar-refractivity contribution in [2.24, 2.45) is 0 Å². The number of hydrogen-bond acceptors (Lipinski definition) is 6. The fraction of sp³-hybridized carbons (Fsp3) is 0.304. The third-order valence-electron chi connectivity index (χ3n) is 5.47. The standard InChI is InChI=1S/C23H24N4O2/c1-15-24-19(16-7-8-22-20(13-16)27(2)10-12-29-22)14-23(25-15)26-18-9-11-28-21-6-4-3-5-17(18)21/h3-8,13-14,18H,9-12H2,1-2H3,(H,24,25,26)/t18-/m1/s1. The van der Waals surface area contributed by atoms with Gasteiger partial charge in [0.15, 0.2) is 0 Å². The van der Waals surface area contributed by atoms with Gasteiger partial charge < -0.3 is 19.7 Å². The SMILES string of the molecule is Cc1nc(N[C@@H]2CCOc3ccccc32)cc(-c2ccc3c(c2)N(C)CCO3)n1. The monoisotopic (exact) mass is 388 g/mol. The number of ether oxygens (including phenoxy) is 2. The van der Waals surface area contributed by atoms with Gasteiger partial charge in [-0.3, -0.25) is 0 Å². The van der Waals surface area contributed by atoms with E-state index in [1.54, 1.807) is 0 Å². The lowest BCUT2D eigenvalue weighted by atomic mass is 10.0. The average Bonchev–Trinajstić information content (AvgIpc) is 2.74. The van der Waals surface area contributed by atoms with Crippen molar-refractivity contribution in [1.29, 1.82) is 0 Å². The summed E-state index contributed by atoms with van der Waals surface area (Å²) in [5.41, 5.74) is 4.23. The quantitative estimate of drug-likeness (QED) is 0.725. The second-order valence-corrected chi connectivity index (χ2v) is 7.51. The molecule has 29 heavy (non-hydrogen) atoms. The molecule has 0 saturated heterocycles. The van der Waals surface area contributed by atoms with E-state index in [0.29, 0.717) is 6.61 Å². The summed E-state index contributed by atoms with van der Waals surface area (Å²) in [6.07, 6.45) is 0.899. The van der Waals surface area contributed by atoms with E-state index in [9.17, 15) is 0 Å². The van der Waals surface area contributed by atoms with Crippen LogP contribution in [0.1, 0.15) is 23.9 Å². The van der Waals surface area contributed by atoms with Crippen LogP contribution in [-0.2, 0) is 0 Å². The molecular weight excluding hydrogens is 364 g/mol. The van der Waals surface area contributed by atoms with Crippen molar-refractivity contribution >= 4 is 11.5 Å². The normalized spacial score (nSPS) is 17.6. The van der Waals surface area contributed by atoms with Crippen molar-refractivity contribution in [2.45, 2.75) is 19.4 Å². The molecule has 0 amide bonds. The Morgan fingerprint density at radius 2 is 1.86 bits per heavy atom. The zero-order valence-corrected chi connectivity index (χ0v) is 16.7. The number of aryl methyl sites for hydroxylation is 1. The number of likely N-dealkylation sites (N-methyl/N-ethyl adjacent to an activating group) is 1. The lowest BCUT2D eigenvalue weighted by Crippen LogP contribution is -2.28. The summed E-state index contributed by atoms with van der Waals surface area (Å²) in [5.74, 6) is 3.44. The topological polar surface area (TPSA) is 59.5 Å². The first-order valence-electron chi connectivity index (χ1n) is 10.00. The molecule has 0 radical (unpaired) electrons. The first-order valence-corrected chi connectivity index (χ1v) is 10.00. The smallest absolute Gasteiger partial charge is 0.142 e. The summed E-state index contributed by atoms with van der Waals surface area (Å²) in [4.78, 5) is 11.5. The highest BCUT2D eigenvalue weighted by atomic mass is 16.5. The lowest BCUT2D eigenvalue weighted by molar-refractivity contribution is 0.274. The molecule has 6 heteroatoms. The number of para-hydroxylation sites is 1. The van der Waals surface area contributed by atoms with Crippen molar-refractivity contribution in [3.8, 4) is 22.8 Å². The fourth-order valence-corrected chi connectivity index (χ4v) is 3.97. The molecule has 2 aliphatic heterocycles. The van der Waals surface area contributed by atoms with Crippen LogP contribution in [0.2, 0.25) is 0 Å². The maximum Gasteiger partial charge on any atom is 0.142 e. The Morgan fingerprint density at radius 1 is 1.00 bits per heavy atom. The Kier molecular flexibility index (Phi) is 4.46. The predicted molar refractivity (Wildman–Crippen MR) is 114 cm³/mol. The predicted octanol–water partition coefficient (Wildman–Crippen LogP) is 4.22. The summed E-state index contributed by atoms with van der Waals surface area (Å²) in [6, 6.07) is 16.6. The minimum absolute atomic E-state index is 0.171. The molecule has 1 N–H and O–H groups in total. The van der Waals surface area contributed by atoms with E-state index in [1.807, 2.05) is 37.3 Å². The van der Waals surface area contributed by atoms with Crippen LogP contribution in [0.3, 0.4) is 0 Å². The van der Waals surface area contributed by atoms with E-state index in [2.05, 4.69) is 45.4 Å². The third-order valence-corrected chi connectivity index (χ3v) is 5.47. The first-order chi connectivity index (χ1) is 14.2. The first kappa shape index (κ1) is 17.8.